The Hall–Kier alpha value is 0.1000. The first-order chi connectivity index (χ1) is 7.03. The Balaban J connectivity index is 2.17. The summed E-state index contributed by atoms with van der Waals surface area (Å²) in [4.78, 5) is 1.25. The molecule has 0 aliphatic rings. The molecule has 0 spiro atoms. The maximum atomic E-state index is 5.58. The number of hydrogen-bond acceptors (Lipinski definition) is 3. The van der Waals surface area contributed by atoms with Crippen molar-refractivity contribution in [2.45, 2.75) is 32.5 Å². The minimum Gasteiger partial charge on any atom is -0.379 e. The van der Waals surface area contributed by atoms with Gasteiger partial charge in [0.2, 0.25) is 0 Å². The van der Waals surface area contributed by atoms with E-state index in [1.54, 1.807) is 18.4 Å². The molecule has 0 bridgehead atoms. The van der Waals surface area contributed by atoms with E-state index >= 15 is 0 Å². The molecule has 0 atom stereocenters. The summed E-state index contributed by atoms with van der Waals surface area (Å²) in [6.07, 6.45) is 0.913. The fraction of sp³-hybridized carbons (Fsp3) is 0.636. The molecular weight excluding hydrogens is 276 g/mol. The van der Waals surface area contributed by atoms with Gasteiger partial charge in [0.05, 0.1) is 16.0 Å². The van der Waals surface area contributed by atoms with Crippen LogP contribution >= 0.6 is 27.3 Å². The lowest BCUT2D eigenvalue weighted by atomic mass is 10.1. The molecule has 0 saturated carbocycles. The number of rotatable bonds is 6. The molecule has 0 unspecified atom stereocenters. The summed E-state index contributed by atoms with van der Waals surface area (Å²) in [5, 5.41) is 0. The molecule has 0 aliphatic heterocycles. The van der Waals surface area contributed by atoms with Crippen molar-refractivity contribution in [1.29, 1.82) is 0 Å². The van der Waals surface area contributed by atoms with Gasteiger partial charge < -0.3 is 9.47 Å². The molecule has 0 radical (unpaired) electrons. The molecule has 4 heteroatoms. The van der Waals surface area contributed by atoms with Gasteiger partial charge >= 0.3 is 0 Å². The number of methoxy groups -OCH3 is 1. The van der Waals surface area contributed by atoms with E-state index in [0.717, 1.165) is 16.8 Å². The molecule has 86 valence electrons. The third kappa shape index (κ3) is 5.11. The van der Waals surface area contributed by atoms with E-state index < -0.39 is 0 Å². The Labute approximate surface area is 104 Å². The zero-order chi connectivity index (χ0) is 11.3. The summed E-state index contributed by atoms with van der Waals surface area (Å²) in [5.74, 6) is 0. The van der Waals surface area contributed by atoms with Crippen LogP contribution in [0, 0.1) is 0 Å². The minimum atomic E-state index is -0.0873. The van der Waals surface area contributed by atoms with Crippen molar-refractivity contribution in [3.05, 3.63) is 20.8 Å². The highest BCUT2D eigenvalue weighted by molar-refractivity contribution is 9.11. The van der Waals surface area contributed by atoms with Crippen molar-refractivity contribution in [3.8, 4) is 0 Å². The Morgan fingerprint density at radius 1 is 1.40 bits per heavy atom. The molecule has 0 aliphatic carbocycles. The monoisotopic (exact) mass is 292 g/mol. The van der Waals surface area contributed by atoms with Crippen LogP contribution in [0.1, 0.15) is 25.1 Å². The van der Waals surface area contributed by atoms with Crippen LogP contribution in [0.3, 0.4) is 0 Å². The zero-order valence-corrected chi connectivity index (χ0v) is 11.8. The standard InChI is InChI=1S/C11H17BrO2S/c1-11(2,13-3)6-7-14-8-9-4-5-10(12)15-9/h4-5H,6-8H2,1-3H3. The summed E-state index contributed by atoms with van der Waals surface area (Å²) >= 11 is 5.14. The lowest BCUT2D eigenvalue weighted by Gasteiger charge is -2.22. The highest BCUT2D eigenvalue weighted by Crippen LogP contribution is 2.22. The summed E-state index contributed by atoms with van der Waals surface area (Å²) in [6, 6.07) is 4.12. The van der Waals surface area contributed by atoms with Gasteiger partial charge in [-0.25, -0.2) is 0 Å². The molecule has 0 amide bonds. The predicted molar refractivity (Wildman–Crippen MR) is 67.4 cm³/mol. The third-order valence-corrected chi connectivity index (χ3v) is 3.87. The number of halogens is 1. The van der Waals surface area contributed by atoms with Gasteiger partial charge in [-0.15, -0.1) is 11.3 Å². The third-order valence-electron chi connectivity index (χ3n) is 2.27. The second-order valence-electron chi connectivity index (χ2n) is 3.97. The van der Waals surface area contributed by atoms with Crippen LogP contribution in [0.25, 0.3) is 0 Å². The van der Waals surface area contributed by atoms with Crippen molar-refractivity contribution in [3.63, 3.8) is 0 Å². The summed E-state index contributed by atoms with van der Waals surface area (Å²) in [6.45, 7) is 5.56. The van der Waals surface area contributed by atoms with Crippen molar-refractivity contribution in [2.24, 2.45) is 0 Å². The van der Waals surface area contributed by atoms with Gasteiger partial charge in [-0.05, 0) is 48.3 Å². The van der Waals surface area contributed by atoms with Crippen LogP contribution in [0.5, 0.6) is 0 Å². The highest BCUT2D eigenvalue weighted by Gasteiger charge is 2.15. The molecule has 0 N–H and O–H groups in total. The predicted octanol–water partition coefficient (Wildman–Crippen LogP) is 3.84. The molecular formula is C11H17BrO2S. The molecule has 0 aromatic carbocycles. The van der Waals surface area contributed by atoms with Crippen molar-refractivity contribution >= 4 is 27.3 Å². The van der Waals surface area contributed by atoms with Gasteiger partial charge in [0, 0.05) is 18.6 Å². The summed E-state index contributed by atoms with van der Waals surface area (Å²) in [7, 11) is 1.73. The quantitative estimate of drug-likeness (QED) is 0.742. The van der Waals surface area contributed by atoms with Crippen molar-refractivity contribution < 1.29 is 9.47 Å². The zero-order valence-electron chi connectivity index (χ0n) is 9.38. The number of thiophene rings is 1. The van der Waals surface area contributed by atoms with Crippen LogP contribution in [-0.4, -0.2) is 19.3 Å². The van der Waals surface area contributed by atoms with Gasteiger partial charge in [0.15, 0.2) is 0 Å². The smallest absolute Gasteiger partial charge is 0.0809 e. The Kier molecular flexibility index (Phi) is 5.26. The van der Waals surface area contributed by atoms with E-state index in [1.807, 2.05) is 6.07 Å². The number of ether oxygens (including phenoxy) is 2. The largest absolute Gasteiger partial charge is 0.379 e. The van der Waals surface area contributed by atoms with E-state index in [-0.39, 0.29) is 5.60 Å². The minimum absolute atomic E-state index is 0.0873. The maximum Gasteiger partial charge on any atom is 0.0809 e. The summed E-state index contributed by atoms with van der Waals surface area (Å²) in [5.41, 5.74) is -0.0873. The van der Waals surface area contributed by atoms with Crippen molar-refractivity contribution in [1.82, 2.24) is 0 Å². The van der Waals surface area contributed by atoms with Crippen molar-refractivity contribution in [2.75, 3.05) is 13.7 Å². The second-order valence-corrected chi connectivity index (χ2v) is 6.52. The molecule has 2 nitrogen and oxygen atoms in total. The SMILES string of the molecule is COC(C)(C)CCOCc1ccc(Br)s1. The summed E-state index contributed by atoms with van der Waals surface area (Å²) < 4.78 is 12.0. The average molecular weight is 293 g/mol. The number of hydrogen-bond donors (Lipinski definition) is 0. The van der Waals surface area contributed by atoms with E-state index in [4.69, 9.17) is 9.47 Å². The topological polar surface area (TPSA) is 18.5 Å². The van der Waals surface area contributed by atoms with Gasteiger partial charge in [-0.3, -0.25) is 0 Å². The Bertz CT molecular complexity index is 297. The van der Waals surface area contributed by atoms with Crippen LogP contribution < -0.4 is 0 Å². The Morgan fingerprint density at radius 3 is 2.67 bits per heavy atom. The molecule has 0 saturated heterocycles. The van der Waals surface area contributed by atoms with Gasteiger partial charge in [-0.2, -0.15) is 0 Å². The normalized spacial score (nSPS) is 12.0. The lowest BCUT2D eigenvalue weighted by molar-refractivity contribution is -0.0121. The first-order valence-corrected chi connectivity index (χ1v) is 6.51. The molecule has 15 heavy (non-hydrogen) atoms. The molecule has 0 fully saturated rings. The van der Waals surface area contributed by atoms with Crippen LogP contribution in [0.4, 0.5) is 0 Å². The Morgan fingerprint density at radius 2 is 2.13 bits per heavy atom. The second kappa shape index (κ2) is 5.99. The molecule has 1 aromatic rings. The average Bonchev–Trinajstić information content (AvgIpc) is 2.59. The van der Waals surface area contributed by atoms with Crippen LogP contribution in [-0.2, 0) is 16.1 Å². The maximum absolute atomic E-state index is 5.58. The van der Waals surface area contributed by atoms with E-state index in [2.05, 4.69) is 35.8 Å². The van der Waals surface area contributed by atoms with Crippen LogP contribution in [0.15, 0.2) is 15.9 Å². The fourth-order valence-corrected chi connectivity index (χ4v) is 2.44. The van der Waals surface area contributed by atoms with Gasteiger partial charge in [-0.1, -0.05) is 0 Å². The van der Waals surface area contributed by atoms with E-state index in [0.29, 0.717) is 6.61 Å². The van der Waals surface area contributed by atoms with E-state index in [1.165, 1.54) is 4.88 Å². The van der Waals surface area contributed by atoms with Crippen LogP contribution in [0.2, 0.25) is 0 Å². The van der Waals surface area contributed by atoms with Gasteiger partial charge in [0.25, 0.3) is 0 Å². The molecule has 1 aromatic heterocycles. The lowest BCUT2D eigenvalue weighted by Crippen LogP contribution is -2.24. The van der Waals surface area contributed by atoms with Gasteiger partial charge in [0.1, 0.15) is 0 Å². The molecule has 1 rings (SSSR count). The fourth-order valence-electron chi connectivity index (χ4n) is 1.02. The van der Waals surface area contributed by atoms with E-state index in [9.17, 15) is 0 Å². The first-order valence-electron chi connectivity index (χ1n) is 4.90. The first kappa shape index (κ1) is 13.2. The molecule has 1 heterocycles. The highest BCUT2D eigenvalue weighted by atomic mass is 79.9.